The predicted octanol–water partition coefficient (Wildman–Crippen LogP) is 2.67. The van der Waals surface area contributed by atoms with Crippen LogP contribution in [0, 0.1) is 11.3 Å². The van der Waals surface area contributed by atoms with Gasteiger partial charge in [0.15, 0.2) is 0 Å². The Hall–Kier alpha value is -5.18. The highest BCUT2D eigenvalue weighted by Gasteiger charge is 2.42. The first kappa shape index (κ1) is 46.0. The van der Waals surface area contributed by atoms with E-state index in [1.165, 1.54) is 11.8 Å². The summed E-state index contributed by atoms with van der Waals surface area (Å²) in [6.07, 6.45) is 3.85. The molecule has 15 heteroatoms. The maximum absolute atomic E-state index is 14.2. The highest BCUT2D eigenvalue weighted by molar-refractivity contribution is 6.12. The summed E-state index contributed by atoms with van der Waals surface area (Å²) < 4.78 is 4.90. The van der Waals surface area contributed by atoms with Crippen molar-refractivity contribution < 1.29 is 48.2 Å². The van der Waals surface area contributed by atoms with Gasteiger partial charge in [0, 0.05) is 49.6 Å². The van der Waals surface area contributed by atoms with Crippen molar-refractivity contribution in [3.63, 3.8) is 0 Å². The van der Waals surface area contributed by atoms with Gasteiger partial charge in [-0.1, -0.05) is 66.7 Å². The lowest BCUT2D eigenvalue weighted by Gasteiger charge is -2.40. The SMILES string of the molecule is CN[C@H](C(=O)N[C@H](C(=O)N(C)[C@H](/C=C(\C)C(=O)N[C@H](CCC(=O)CCCN1C(=O)C=CC1=O)C(=O)O)C(C)C)C(C)(C)C)C(C)(C)c1ccc(OC=O)cc1. The largest absolute Gasteiger partial charge is 0.480 e. The molecule has 0 bridgehead atoms. The first-order valence-corrected chi connectivity index (χ1v) is 18.3. The number of rotatable bonds is 21. The summed E-state index contributed by atoms with van der Waals surface area (Å²) >= 11 is 0. The summed E-state index contributed by atoms with van der Waals surface area (Å²) in [5.41, 5.74) is -0.558. The minimum atomic E-state index is -1.37. The van der Waals surface area contributed by atoms with E-state index in [1.807, 2.05) is 48.5 Å². The van der Waals surface area contributed by atoms with Crippen molar-refractivity contribution in [1.29, 1.82) is 0 Å². The zero-order valence-corrected chi connectivity index (χ0v) is 33.6. The molecule has 5 amide bonds. The molecule has 0 saturated carbocycles. The Bertz CT molecular complexity index is 1640. The summed E-state index contributed by atoms with van der Waals surface area (Å²) in [5, 5.41) is 18.3. The molecule has 302 valence electrons. The second-order valence-corrected chi connectivity index (χ2v) is 15.7. The van der Waals surface area contributed by atoms with Crippen molar-refractivity contribution >= 4 is 47.8 Å². The van der Waals surface area contributed by atoms with Crippen LogP contribution < -0.4 is 20.7 Å². The highest BCUT2D eigenvalue weighted by atomic mass is 16.5. The normalized spacial score (nSPS) is 15.6. The molecular formula is C40H57N5O10. The molecule has 0 aromatic heterocycles. The number of carbonyl (C=O) groups is 8. The van der Waals surface area contributed by atoms with Crippen molar-refractivity contribution in [1.82, 2.24) is 25.8 Å². The lowest BCUT2D eigenvalue weighted by Crippen LogP contribution is -2.61. The van der Waals surface area contributed by atoms with Crippen molar-refractivity contribution in [2.45, 2.75) is 111 Å². The second kappa shape index (κ2) is 19.9. The average molecular weight is 768 g/mol. The molecule has 4 N–H and O–H groups in total. The third kappa shape index (κ3) is 12.7. The Morgan fingerprint density at radius 1 is 0.927 bits per heavy atom. The van der Waals surface area contributed by atoms with Gasteiger partial charge in [-0.15, -0.1) is 0 Å². The van der Waals surface area contributed by atoms with Gasteiger partial charge in [-0.3, -0.25) is 38.5 Å². The second-order valence-electron chi connectivity index (χ2n) is 15.7. The fourth-order valence-electron chi connectivity index (χ4n) is 6.36. The van der Waals surface area contributed by atoms with Crippen LogP contribution in [0.15, 0.2) is 48.1 Å². The molecule has 1 aromatic rings. The van der Waals surface area contributed by atoms with Crippen LogP contribution in [0.4, 0.5) is 0 Å². The van der Waals surface area contributed by atoms with E-state index in [0.717, 1.165) is 22.6 Å². The van der Waals surface area contributed by atoms with Crippen molar-refractivity contribution in [2.75, 3.05) is 20.6 Å². The maximum Gasteiger partial charge on any atom is 0.326 e. The third-order valence-electron chi connectivity index (χ3n) is 9.76. The molecule has 0 radical (unpaired) electrons. The van der Waals surface area contributed by atoms with Gasteiger partial charge in [-0.05, 0) is 55.8 Å². The fourth-order valence-corrected chi connectivity index (χ4v) is 6.36. The molecule has 2 rings (SSSR count). The van der Waals surface area contributed by atoms with E-state index in [1.54, 1.807) is 44.4 Å². The number of amides is 5. The number of nitrogens with one attached hydrogen (secondary N) is 3. The van der Waals surface area contributed by atoms with E-state index >= 15 is 0 Å². The smallest absolute Gasteiger partial charge is 0.326 e. The van der Waals surface area contributed by atoms with E-state index in [-0.39, 0.29) is 49.5 Å². The van der Waals surface area contributed by atoms with Crippen molar-refractivity contribution in [2.24, 2.45) is 11.3 Å². The lowest BCUT2D eigenvalue weighted by molar-refractivity contribution is -0.142. The minimum Gasteiger partial charge on any atom is -0.480 e. The van der Waals surface area contributed by atoms with E-state index in [9.17, 15) is 43.5 Å². The van der Waals surface area contributed by atoms with E-state index in [2.05, 4.69) is 16.0 Å². The summed E-state index contributed by atoms with van der Waals surface area (Å²) in [4.78, 5) is 103. The Labute approximate surface area is 323 Å². The maximum atomic E-state index is 14.2. The Kier molecular flexibility index (Phi) is 16.7. The molecule has 0 fully saturated rings. The molecular weight excluding hydrogens is 710 g/mol. The highest BCUT2D eigenvalue weighted by Crippen LogP contribution is 2.30. The molecule has 1 aromatic carbocycles. The zero-order valence-electron chi connectivity index (χ0n) is 33.6. The van der Waals surface area contributed by atoms with Crippen molar-refractivity contribution in [3.05, 3.63) is 53.6 Å². The van der Waals surface area contributed by atoms with E-state index < -0.39 is 70.5 Å². The number of aliphatic carboxylic acids is 1. The molecule has 55 heavy (non-hydrogen) atoms. The van der Waals surface area contributed by atoms with Gasteiger partial charge in [-0.2, -0.15) is 0 Å². The van der Waals surface area contributed by atoms with E-state index in [0.29, 0.717) is 12.2 Å². The Balaban J connectivity index is 2.16. The Morgan fingerprint density at radius 2 is 1.51 bits per heavy atom. The summed E-state index contributed by atoms with van der Waals surface area (Å²) in [6.45, 7) is 14.9. The molecule has 15 nitrogen and oxygen atoms in total. The average Bonchev–Trinajstić information content (AvgIpc) is 3.42. The van der Waals surface area contributed by atoms with Crippen molar-refractivity contribution in [3.8, 4) is 5.75 Å². The first-order valence-electron chi connectivity index (χ1n) is 18.3. The molecule has 1 aliphatic heterocycles. The number of carbonyl (C=O) groups excluding carboxylic acids is 7. The van der Waals surface area contributed by atoms with Gasteiger partial charge in [0.25, 0.3) is 18.3 Å². The number of carboxylic acid groups (broad SMARTS) is 1. The molecule has 4 atom stereocenters. The number of benzene rings is 1. The third-order valence-corrected chi connectivity index (χ3v) is 9.76. The van der Waals surface area contributed by atoms with Crippen LogP contribution in [0.25, 0.3) is 0 Å². The van der Waals surface area contributed by atoms with Crippen LogP contribution in [0.5, 0.6) is 5.75 Å². The summed E-state index contributed by atoms with van der Waals surface area (Å²) in [6, 6.07) is 3.03. The number of carboxylic acids is 1. The molecule has 1 heterocycles. The molecule has 0 aliphatic carbocycles. The van der Waals surface area contributed by atoms with Gasteiger partial charge in [0.2, 0.25) is 17.7 Å². The van der Waals surface area contributed by atoms with Gasteiger partial charge < -0.3 is 30.7 Å². The van der Waals surface area contributed by atoms with Crippen LogP contribution in [0.1, 0.15) is 86.6 Å². The standard InChI is InChI=1S/C40H57N5O10/c1-24(2)30(22-25(3)35(50)42-29(38(53)54)18-15-27(47)12-11-21-45-31(48)19-20-32(45)49)44(10)37(52)34(39(4,5)6)43-36(51)33(41-9)40(7,8)26-13-16-28(17-14-26)55-23-46/h13-14,16-17,19-20,22-24,29-30,33-34,41H,11-12,15,18,21H2,1-10H3,(H,42,50)(H,43,51)(H,53,54)/b25-22+/t29-,30-,33-,34-/m1/s1. The number of nitrogens with zero attached hydrogens (tertiary/aromatic N) is 2. The fraction of sp³-hybridized carbons (Fsp3) is 0.550. The number of ketones is 1. The minimum absolute atomic E-state index is 0.0309. The number of Topliss-reactive ketones (excluding diaryl/α,β-unsaturated/α-hetero) is 1. The van der Waals surface area contributed by atoms with Gasteiger partial charge >= 0.3 is 5.97 Å². The number of ether oxygens (including phenoxy) is 1. The van der Waals surface area contributed by atoms with Crippen LogP contribution in [0.3, 0.4) is 0 Å². The summed E-state index contributed by atoms with van der Waals surface area (Å²) in [7, 11) is 3.23. The van der Waals surface area contributed by atoms with Crippen LogP contribution in [-0.4, -0.2) is 107 Å². The monoisotopic (exact) mass is 767 g/mol. The Morgan fingerprint density at radius 3 is 2.00 bits per heavy atom. The number of imide groups is 1. The summed E-state index contributed by atoms with van der Waals surface area (Å²) in [5.74, 6) is -3.83. The molecule has 1 aliphatic rings. The van der Waals surface area contributed by atoms with Gasteiger partial charge in [0.1, 0.15) is 23.6 Å². The topological polar surface area (TPSA) is 209 Å². The van der Waals surface area contributed by atoms with E-state index in [4.69, 9.17) is 4.74 Å². The van der Waals surface area contributed by atoms with Crippen LogP contribution in [0.2, 0.25) is 0 Å². The number of hydrogen-bond donors (Lipinski definition) is 4. The zero-order chi connectivity index (χ0) is 41.8. The quantitative estimate of drug-likeness (QED) is 0.0812. The van der Waals surface area contributed by atoms with Crippen LogP contribution in [-0.2, 0) is 43.8 Å². The molecule has 0 spiro atoms. The predicted molar refractivity (Wildman–Crippen MR) is 204 cm³/mol. The van der Waals surface area contributed by atoms with Crippen LogP contribution >= 0.6 is 0 Å². The van der Waals surface area contributed by atoms with Gasteiger partial charge in [0.05, 0.1) is 12.1 Å². The number of hydrogen-bond acceptors (Lipinski definition) is 10. The lowest BCUT2D eigenvalue weighted by atomic mass is 9.76. The number of likely N-dealkylation sites (N-methyl/N-ethyl adjacent to an activating group) is 2. The van der Waals surface area contributed by atoms with Gasteiger partial charge in [-0.25, -0.2) is 4.79 Å². The molecule has 0 saturated heterocycles. The molecule has 0 unspecified atom stereocenters. The first-order chi connectivity index (χ1) is 25.6.